The maximum absolute atomic E-state index is 10.7. The van der Waals surface area contributed by atoms with E-state index in [1.807, 2.05) is 0 Å². The molecule has 4 heteroatoms. The Hall–Kier alpha value is -1.84. The number of furan rings is 1. The van der Waals surface area contributed by atoms with Crippen molar-refractivity contribution in [2.24, 2.45) is 0 Å². The van der Waals surface area contributed by atoms with Crippen LogP contribution in [-0.2, 0) is 9.53 Å². The lowest BCUT2D eigenvalue weighted by molar-refractivity contribution is -0.139. The molecule has 1 heterocycles. The van der Waals surface area contributed by atoms with Crippen molar-refractivity contribution in [1.82, 2.24) is 0 Å². The number of hydrogen-bond acceptors (Lipinski definition) is 4. The van der Waals surface area contributed by atoms with Crippen LogP contribution >= 0.6 is 0 Å². The van der Waals surface area contributed by atoms with Crippen LogP contribution in [-0.4, -0.2) is 19.4 Å². The zero-order chi connectivity index (χ0) is 10.4. The van der Waals surface area contributed by atoms with Crippen LogP contribution in [0.5, 0.6) is 0 Å². The number of carbonyl (C=O) groups is 2. The zero-order valence-electron chi connectivity index (χ0n) is 7.73. The van der Waals surface area contributed by atoms with Gasteiger partial charge in [-0.15, -0.1) is 0 Å². The molecule has 0 atom stereocenters. The summed E-state index contributed by atoms with van der Waals surface area (Å²) in [6.07, 6.45) is 4.04. The zero-order valence-corrected chi connectivity index (χ0v) is 7.73. The summed E-state index contributed by atoms with van der Waals surface area (Å²) in [6, 6.07) is 3.21. The van der Waals surface area contributed by atoms with E-state index in [-0.39, 0.29) is 18.2 Å². The number of methoxy groups -OCH3 is 1. The van der Waals surface area contributed by atoms with E-state index in [9.17, 15) is 9.59 Å². The third-order valence-electron chi connectivity index (χ3n) is 1.56. The first kappa shape index (κ1) is 10.2. The molecule has 1 aromatic heterocycles. The lowest BCUT2D eigenvalue weighted by Gasteiger charge is -1.90. The number of rotatable bonds is 4. The molecule has 0 fully saturated rings. The van der Waals surface area contributed by atoms with E-state index in [4.69, 9.17) is 4.42 Å². The highest BCUT2D eigenvalue weighted by molar-refractivity contribution is 5.73. The number of ether oxygens (including phenoxy) is 1. The van der Waals surface area contributed by atoms with Gasteiger partial charge in [0.25, 0.3) is 0 Å². The third kappa shape index (κ3) is 2.90. The van der Waals surface area contributed by atoms with Gasteiger partial charge in [-0.3, -0.25) is 9.59 Å². The SMILES string of the molecule is COC(=O)CC=Cc1ccc(C=O)o1. The molecule has 0 unspecified atom stereocenters. The molecule has 0 spiro atoms. The molecule has 0 bridgehead atoms. The molecule has 0 saturated carbocycles. The van der Waals surface area contributed by atoms with Crippen molar-refractivity contribution in [3.63, 3.8) is 0 Å². The summed E-state index contributed by atoms with van der Waals surface area (Å²) < 4.78 is 9.48. The Kier molecular flexibility index (Phi) is 3.67. The standard InChI is InChI=1S/C10H10O4/c1-13-10(12)4-2-3-8-5-6-9(7-11)14-8/h2-3,5-7H,4H2,1H3. The summed E-state index contributed by atoms with van der Waals surface area (Å²) >= 11 is 0. The van der Waals surface area contributed by atoms with Gasteiger partial charge in [0.1, 0.15) is 5.76 Å². The Labute approximate surface area is 81.2 Å². The summed E-state index contributed by atoms with van der Waals surface area (Å²) in [7, 11) is 1.33. The number of carbonyl (C=O) groups excluding carboxylic acids is 2. The first-order chi connectivity index (χ1) is 6.76. The van der Waals surface area contributed by atoms with E-state index >= 15 is 0 Å². The molecule has 0 aliphatic heterocycles. The maximum atomic E-state index is 10.7. The Balaban J connectivity index is 2.51. The second kappa shape index (κ2) is 5.01. The van der Waals surface area contributed by atoms with E-state index in [1.54, 1.807) is 24.3 Å². The van der Waals surface area contributed by atoms with Gasteiger partial charge in [-0.1, -0.05) is 6.08 Å². The maximum Gasteiger partial charge on any atom is 0.309 e. The van der Waals surface area contributed by atoms with Crippen molar-refractivity contribution in [1.29, 1.82) is 0 Å². The van der Waals surface area contributed by atoms with Crippen LogP contribution < -0.4 is 0 Å². The number of aldehydes is 1. The average molecular weight is 194 g/mol. The first-order valence-electron chi connectivity index (χ1n) is 4.04. The predicted octanol–water partition coefficient (Wildman–Crippen LogP) is 1.67. The Morgan fingerprint density at radius 2 is 2.21 bits per heavy atom. The molecule has 0 amide bonds. The van der Waals surface area contributed by atoms with Gasteiger partial charge in [0, 0.05) is 0 Å². The molecule has 1 rings (SSSR count). The van der Waals surface area contributed by atoms with Crippen molar-refractivity contribution in [2.45, 2.75) is 6.42 Å². The minimum atomic E-state index is -0.316. The highest BCUT2D eigenvalue weighted by Gasteiger charge is 1.97. The van der Waals surface area contributed by atoms with Crippen LogP contribution in [0, 0.1) is 0 Å². The highest BCUT2D eigenvalue weighted by atomic mass is 16.5. The molecule has 0 saturated heterocycles. The van der Waals surface area contributed by atoms with Gasteiger partial charge < -0.3 is 9.15 Å². The van der Waals surface area contributed by atoms with E-state index in [0.717, 1.165) is 0 Å². The molecular formula is C10H10O4. The van der Waals surface area contributed by atoms with Crippen LogP contribution in [0.2, 0.25) is 0 Å². The summed E-state index contributed by atoms with van der Waals surface area (Å²) in [4.78, 5) is 21.0. The summed E-state index contributed by atoms with van der Waals surface area (Å²) in [5, 5.41) is 0. The second-order valence-corrected chi connectivity index (χ2v) is 2.54. The summed E-state index contributed by atoms with van der Waals surface area (Å²) in [6.45, 7) is 0. The van der Waals surface area contributed by atoms with E-state index < -0.39 is 0 Å². The van der Waals surface area contributed by atoms with Crippen molar-refractivity contribution in [2.75, 3.05) is 7.11 Å². The topological polar surface area (TPSA) is 56.5 Å². The molecule has 74 valence electrons. The van der Waals surface area contributed by atoms with Crippen LogP contribution in [0.3, 0.4) is 0 Å². The number of hydrogen-bond donors (Lipinski definition) is 0. The molecule has 14 heavy (non-hydrogen) atoms. The molecule has 0 N–H and O–H groups in total. The van der Waals surface area contributed by atoms with E-state index in [2.05, 4.69) is 4.74 Å². The van der Waals surface area contributed by atoms with Crippen molar-refractivity contribution >= 4 is 18.3 Å². The van der Waals surface area contributed by atoms with Crippen LogP contribution in [0.4, 0.5) is 0 Å². The Bertz CT molecular complexity index is 349. The second-order valence-electron chi connectivity index (χ2n) is 2.54. The molecule has 0 aliphatic rings. The number of esters is 1. The third-order valence-corrected chi connectivity index (χ3v) is 1.56. The Morgan fingerprint density at radius 3 is 2.79 bits per heavy atom. The molecule has 0 aliphatic carbocycles. The fourth-order valence-corrected chi connectivity index (χ4v) is 0.876. The normalized spacial score (nSPS) is 10.4. The average Bonchev–Trinajstić information content (AvgIpc) is 2.65. The molecule has 0 aromatic carbocycles. The van der Waals surface area contributed by atoms with Gasteiger partial charge in [0.15, 0.2) is 12.0 Å². The predicted molar refractivity (Wildman–Crippen MR) is 49.8 cm³/mol. The Morgan fingerprint density at radius 1 is 1.50 bits per heavy atom. The van der Waals surface area contributed by atoms with Gasteiger partial charge in [0.05, 0.1) is 13.5 Å². The van der Waals surface area contributed by atoms with Gasteiger partial charge in [0.2, 0.25) is 0 Å². The van der Waals surface area contributed by atoms with Crippen molar-refractivity contribution in [3.8, 4) is 0 Å². The van der Waals surface area contributed by atoms with Crippen LogP contribution in [0.25, 0.3) is 6.08 Å². The monoisotopic (exact) mass is 194 g/mol. The first-order valence-corrected chi connectivity index (χ1v) is 4.04. The fraction of sp³-hybridized carbons (Fsp3) is 0.200. The van der Waals surface area contributed by atoms with Crippen LogP contribution in [0.15, 0.2) is 22.6 Å². The van der Waals surface area contributed by atoms with Gasteiger partial charge in [-0.25, -0.2) is 0 Å². The molecule has 4 nitrogen and oxygen atoms in total. The van der Waals surface area contributed by atoms with Crippen molar-refractivity contribution < 1.29 is 18.7 Å². The van der Waals surface area contributed by atoms with Gasteiger partial charge in [-0.2, -0.15) is 0 Å². The van der Waals surface area contributed by atoms with E-state index in [1.165, 1.54) is 7.11 Å². The molecular weight excluding hydrogens is 184 g/mol. The molecule has 1 aromatic rings. The summed E-state index contributed by atoms with van der Waals surface area (Å²) in [5.41, 5.74) is 0. The van der Waals surface area contributed by atoms with Crippen molar-refractivity contribution in [3.05, 3.63) is 29.7 Å². The van der Waals surface area contributed by atoms with Gasteiger partial charge in [-0.05, 0) is 18.2 Å². The smallest absolute Gasteiger partial charge is 0.309 e. The fourth-order valence-electron chi connectivity index (χ4n) is 0.876. The van der Waals surface area contributed by atoms with E-state index in [0.29, 0.717) is 12.0 Å². The lowest BCUT2D eigenvalue weighted by atomic mass is 10.3. The lowest BCUT2D eigenvalue weighted by Crippen LogP contribution is -1.96. The van der Waals surface area contributed by atoms with Crippen LogP contribution in [0.1, 0.15) is 22.7 Å². The quantitative estimate of drug-likeness (QED) is 0.540. The molecule has 0 radical (unpaired) electrons. The summed E-state index contributed by atoms with van der Waals surface area (Å²) in [5.74, 6) is 0.488. The minimum absolute atomic E-state index is 0.188. The minimum Gasteiger partial charge on any atom is -0.469 e. The van der Waals surface area contributed by atoms with Gasteiger partial charge >= 0.3 is 5.97 Å². The highest BCUT2D eigenvalue weighted by Crippen LogP contribution is 2.07. The largest absolute Gasteiger partial charge is 0.469 e.